The van der Waals surface area contributed by atoms with Gasteiger partial charge in [-0.3, -0.25) is 0 Å². The highest BCUT2D eigenvalue weighted by Crippen LogP contribution is 2.07. The fourth-order valence-corrected chi connectivity index (χ4v) is 0.678. The molecule has 54 valence electrons. The van der Waals surface area contributed by atoms with Gasteiger partial charge in [0.25, 0.3) is 0 Å². The van der Waals surface area contributed by atoms with Gasteiger partial charge >= 0.3 is 0 Å². The van der Waals surface area contributed by atoms with Crippen molar-refractivity contribution in [3.8, 4) is 0 Å². The van der Waals surface area contributed by atoms with Crippen molar-refractivity contribution in [1.29, 1.82) is 0 Å². The fourth-order valence-electron chi connectivity index (χ4n) is 0.678. The molecule has 1 heterocycles. The molecule has 9 heavy (non-hydrogen) atoms. The molecule has 0 unspecified atom stereocenters. The van der Waals surface area contributed by atoms with Gasteiger partial charge in [-0.15, -0.1) is 0 Å². The van der Waals surface area contributed by atoms with Crippen LogP contribution in [-0.4, -0.2) is 36.5 Å². The van der Waals surface area contributed by atoms with E-state index in [0.29, 0.717) is 13.2 Å². The van der Waals surface area contributed by atoms with Crippen LogP contribution < -0.4 is 0 Å². The second kappa shape index (κ2) is 3.12. The van der Waals surface area contributed by atoms with Crippen LogP contribution in [0, 0.1) is 5.92 Å². The Kier molecular flexibility index (Phi) is 2.41. The first kappa shape index (κ1) is 6.95. The molecule has 0 aliphatic carbocycles. The first-order chi connectivity index (χ1) is 4.30. The van der Waals surface area contributed by atoms with Crippen LogP contribution in [0.5, 0.6) is 0 Å². The predicted molar refractivity (Wildman–Crippen MR) is 28.5 cm³/mol. The van der Waals surface area contributed by atoms with E-state index in [2.05, 4.69) is 0 Å². The average molecular weight is 134 g/mol. The molecule has 0 aromatic carbocycles. The van der Waals surface area contributed by atoms with Gasteiger partial charge in [-0.05, 0) is 0 Å². The maximum atomic E-state index is 8.57. The molecule has 0 aromatic heterocycles. The Balaban J connectivity index is 2.23. The van der Waals surface area contributed by atoms with Gasteiger partial charge in [0.05, 0.1) is 19.1 Å². The fraction of sp³-hybridized carbons (Fsp3) is 1.00. The summed E-state index contributed by atoms with van der Waals surface area (Å²) in [5.74, 6) is -0.279. The van der Waals surface area contributed by atoms with Crippen LogP contribution >= 0.6 is 0 Å². The lowest BCUT2D eigenvalue weighted by Crippen LogP contribution is -2.33. The molecule has 0 radical (unpaired) electrons. The zero-order valence-electron chi connectivity index (χ0n) is 4.99. The van der Waals surface area contributed by atoms with Crippen LogP contribution in [0.4, 0.5) is 0 Å². The lowest BCUT2D eigenvalue weighted by atomic mass is 10.1. The van der Waals surface area contributed by atoms with E-state index in [4.69, 9.17) is 19.7 Å². The number of rotatable bonds is 1. The Morgan fingerprint density at radius 2 is 1.78 bits per heavy atom. The van der Waals surface area contributed by atoms with Gasteiger partial charge in [-0.25, -0.2) is 0 Å². The summed E-state index contributed by atoms with van der Waals surface area (Å²) >= 11 is 0. The van der Waals surface area contributed by atoms with E-state index in [1.165, 1.54) is 0 Å². The predicted octanol–water partition coefficient (Wildman–Crippen LogP) is -1.08. The van der Waals surface area contributed by atoms with Crippen molar-refractivity contribution in [3.63, 3.8) is 0 Å². The lowest BCUT2D eigenvalue weighted by Gasteiger charge is -2.23. The van der Waals surface area contributed by atoms with E-state index < -0.39 is 6.29 Å². The zero-order chi connectivity index (χ0) is 6.69. The van der Waals surface area contributed by atoms with Gasteiger partial charge in [0, 0.05) is 0 Å². The van der Waals surface area contributed by atoms with Crippen molar-refractivity contribution in [3.05, 3.63) is 0 Å². The molecule has 1 fully saturated rings. The summed E-state index contributed by atoms with van der Waals surface area (Å²) < 4.78 is 9.60. The molecule has 0 spiro atoms. The largest absolute Gasteiger partial charge is 0.368 e. The van der Waals surface area contributed by atoms with Crippen molar-refractivity contribution in [2.45, 2.75) is 6.29 Å². The smallest absolute Gasteiger partial charge is 0.158 e. The van der Waals surface area contributed by atoms with Crippen LogP contribution in [0.15, 0.2) is 0 Å². The molecule has 0 amide bonds. The number of aliphatic hydroxyl groups is 2. The number of ether oxygens (including phenoxy) is 2. The van der Waals surface area contributed by atoms with Crippen molar-refractivity contribution >= 4 is 0 Å². The highest BCUT2D eigenvalue weighted by atomic mass is 16.7. The Morgan fingerprint density at radius 3 is 2.11 bits per heavy atom. The maximum absolute atomic E-state index is 8.57. The second-order valence-corrected chi connectivity index (χ2v) is 2.03. The second-order valence-electron chi connectivity index (χ2n) is 2.03. The summed E-state index contributed by atoms with van der Waals surface area (Å²) in [4.78, 5) is 0. The molecule has 0 saturated carbocycles. The highest BCUT2D eigenvalue weighted by Gasteiger charge is 2.20. The minimum absolute atomic E-state index is 0.267. The standard InChI is InChI=1S/C5H10O4/c6-5(7)4-1-8-3-9-2-4/h4-7H,1-3H2. The van der Waals surface area contributed by atoms with E-state index in [1.807, 2.05) is 0 Å². The van der Waals surface area contributed by atoms with Crippen LogP contribution in [0.3, 0.4) is 0 Å². The first-order valence-electron chi connectivity index (χ1n) is 2.82. The van der Waals surface area contributed by atoms with Gasteiger partial charge in [-0.2, -0.15) is 0 Å². The van der Waals surface area contributed by atoms with Gasteiger partial charge in [0.2, 0.25) is 0 Å². The van der Waals surface area contributed by atoms with E-state index >= 15 is 0 Å². The van der Waals surface area contributed by atoms with Crippen LogP contribution in [-0.2, 0) is 9.47 Å². The third-order valence-electron chi connectivity index (χ3n) is 1.25. The minimum Gasteiger partial charge on any atom is -0.368 e. The maximum Gasteiger partial charge on any atom is 0.158 e. The summed E-state index contributed by atoms with van der Waals surface area (Å²) in [6.07, 6.45) is -1.31. The zero-order valence-corrected chi connectivity index (χ0v) is 4.99. The van der Waals surface area contributed by atoms with E-state index in [9.17, 15) is 0 Å². The van der Waals surface area contributed by atoms with E-state index in [0.717, 1.165) is 0 Å². The average Bonchev–Trinajstić information content (AvgIpc) is 1.90. The first-order valence-corrected chi connectivity index (χ1v) is 2.82. The minimum atomic E-state index is -1.31. The summed E-state index contributed by atoms with van der Waals surface area (Å²) in [7, 11) is 0. The molecule has 1 rings (SSSR count). The normalized spacial score (nSPS) is 23.0. The number of hydrogen-bond donors (Lipinski definition) is 2. The quantitative estimate of drug-likeness (QED) is 0.448. The molecule has 0 aromatic rings. The SMILES string of the molecule is OC(O)C1COCOC1. The summed E-state index contributed by atoms with van der Waals surface area (Å²) in [5.41, 5.74) is 0. The van der Waals surface area contributed by atoms with E-state index in [1.54, 1.807) is 0 Å². The molecule has 1 saturated heterocycles. The van der Waals surface area contributed by atoms with Crippen molar-refractivity contribution in [2.75, 3.05) is 20.0 Å². The van der Waals surface area contributed by atoms with Gasteiger partial charge < -0.3 is 19.7 Å². The van der Waals surface area contributed by atoms with Crippen LogP contribution in [0.2, 0.25) is 0 Å². The molecule has 1 aliphatic rings. The molecular formula is C5H10O4. The third-order valence-corrected chi connectivity index (χ3v) is 1.25. The monoisotopic (exact) mass is 134 g/mol. The van der Waals surface area contributed by atoms with Crippen LogP contribution in [0.1, 0.15) is 0 Å². The molecule has 0 atom stereocenters. The lowest BCUT2D eigenvalue weighted by molar-refractivity contribution is -0.190. The molecule has 0 bridgehead atoms. The topological polar surface area (TPSA) is 58.9 Å². The van der Waals surface area contributed by atoms with Crippen molar-refractivity contribution < 1.29 is 19.7 Å². The Bertz CT molecular complexity index is 77.0. The van der Waals surface area contributed by atoms with Crippen LogP contribution in [0.25, 0.3) is 0 Å². The van der Waals surface area contributed by atoms with E-state index in [-0.39, 0.29) is 12.7 Å². The molecule has 2 N–H and O–H groups in total. The van der Waals surface area contributed by atoms with Gasteiger partial charge in [0.15, 0.2) is 6.29 Å². The molecule has 1 aliphatic heterocycles. The third kappa shape index (κ3) is 1.91. The van der Waals surface area contributed by atoms with Crippen molar-refractivity contribution in [2.24, 2.45) is 5.92 Å². The molecular weight excluding hydrogens is 124 g/mol. The van der Waals surface area contributed by atoms with Gasteiger partial charge in [-0.1, -0.05) is 0 Å². The Labute approximate surface area is 53.0 Å². The van der Waals surface area contributed by atoms with Crippen molar-refractivity contribution in [1.82, 2.24) is 0 Å². The summed E-state index contributed by atoms with van der Waals surface area (Å²) in [5, 5.41) is 17.1. The number of aliphatic hydroxyl groups excluding tert-OH is 1. The van der Waals surface area contributed by atoms with Gasteiger partial charge in [0.1, 0.15) is 6.79 Å². The Morgan fingerprint density at radius 1 is 1.22 bits per heavy atom. The molecule has 4 nitrogen and oxygen atoms in total. The number of hydrogen-bond acceptors (Lipinski definition) is 4. The summed E-state index contributed by atoms with van der Waals surface area (Å²) in [6.45, 7) is 1.01. The summed E-state index contributed by atoms with van der Waals surface area (Å²) in [6, 6.07) is 0. The highest BCUT2D eigenvalue weighted by molar-refractivity contribution is 4.59. The molecule has 4 heteroatoms. The Hall–Kier alpha value is -0.160.